The lowest BCUT2D eigenvalue weighted by Gasteiger charge is -2.41. The molecule has 0 radical (unpaired) electrons. The zero-order chi connectivity index (χ0) is 21.1. The highest BCUT2D eigenvalue weighted by atomic mass is 16.2. The van der Waals surface area contributed by atoms with Gasteiger partial charge in [0.05, 0.1) is 11.6 Å². The topological polar surface area (TPSA) is 78.5 Å². The predicted molar refractivity (Wildman–Crippen MR) is 115 cm³/mol. The van der Waals surface area contributed by atoms with E-state index in [-0.39, 0.29) is 29.7 Å². The van der Waals surface area contributed by atoms with Gasteiger partial charge in [0.25, 0.3) is 0 Å². The number of carbonyl (C=O) groups excluding carboxylic acids is 3. The maximum absolute atomic E-state index is 13.0. The van der Waals surface area contributed by atoms with Crippen molar-refractivity contribution in [1.82, 2.24) is 10.6 Å². The number of carbonyl (C=O) groups is 3. The number of hydrogen-bond donors (Lipinski definition) is 2. The third kappa shape index (κ3) is 4.22. The van der Waals surface area contributed by atoms with Crippen molar-refractivity contribution >= 4 is 23.5 Å². The fraction of sp³-hybridized carbons (Fsp3) is 0.375. The molecular formula is C24H27N3O3. The number of hydrogen-bond acceptors (Lipinski definition) is 3. The number of anilines is 1. The standard InChI is InChI=1S/C24H27N3O3/c1-16-7-10-19(11-8-16)27-23(29)20-12-9-18(15-21(20)26-24(27)30)22(28)25-14-13-17-5-3-2-4-6-17/h2-8,10-11,18,20-21H,9,12-15H2,1H3,(H,25,28)(H,26,30). The first-order valence-electron chi connectivity index (χ1n) is 10.6. The Hall–Kier alpha value is -3.15. The van der Waals surface area contributed by atoms with Crippen molar-refractivity contribution in [2.75, 3.05) is 11.4 Å². The predicted octanol–water partition coefficient (Wildman–Crippen LogP) is 3.20. The van der Waals surface area contributed by atoms with Crippen LogP contribution in [0.25, 0.3) is 0 Å². The third-order valence-corrected chi connectivity index (χ3v) is 6.12. The van der Waals surface area contributed by atoms with Crippen LogP contribution in [-0.2, 0) is 16.0 Å². The number of imide groups is 1. The molecule has 4 rings (SSSR count). The fourth-order valence-electron chi connectivity index (χ4n) is 4.41. The Morgan fingerprint density at radius 2 is 1.80 bits per heavy atom. The van der Waals surface area contributed by atoms with E-state index < -0.39 is 6.03 Å². The van der Waals surface area contributed by atoms with Crippen LogP contribution >= 0.6 is 0 Å². The summed E-state index contributed by atoms with van der Waals surface area (Å²) in [6.45, 7) is 2.55. The number of rotatable bonds is 5. The minimum Gasteiger partial charge on any atom is -0.356 e. The molecule has 0 spiro atoms. The molecule has 3 atom stereocenters. The molecule has 3 unspecified atom stereocenters. The van der Waals surface area contributed by atoms with Gasteiger partial charge in [0.1, 0.15) is 0 Å². The summed E-state index contributed by atoms with van der Waals surface area (Å²) in [5.41, 5.74) is 2.84. The Balaban J connectivity index is 1.34. The van der Waals surface area contributed by atoms with E-state index in [1.165, 1.54) is 10.5 Å². The van der Waals surface area contributed by atoms with E-state index in [9.17, 15) is 14.4 Å². The monoisotopic (exact) mass is 405 g/mol. The van der Waals surface area contributed by atoms with Gasteiger partial charge in [-0.15, -0.1) is 0 Å². The van der Waals surface area contributed by atoms with Crippen LogP contribution in [0.5, 0.6) is 0 Å². The number of amides is 4. The second-order valence-corrected chi connectivity index (χ2v) is 8.21. The molecule has 1 aliphatic carbocycles. The molecule has 1 saturated heterocycles. The molecule has 0 bridgehead atoms. The molecule has 2 N–H and O–H groups in total. The number of nitrogens with zero attached hydrogens (tertiary/aromatic N) is 1. The Bertz CT molecular complexity index is 926. The van der Waals surface area contributed by atoms with Gasteiger partial charge in [-0.1, -0.05) is 48.0 Å². The minimum absolute atomic E-state index is 0.00652. The van der Waals surface area contributed by atoms with Gasteiger partial charge in [0, 0.05) is 18.5 Å². The summed E-state index contributed by atoms with van der Waals surface area (Å²) in [4.78, 5) is 39.5. The van der Waals surface area contributed by atoms with Crippen molar-refractivity contribution in [3.8, 4) is 0 Å². The van der Waals surface area contributed by atoms with E-state index in [1.54, 1.807) is 12.1 Å². The van der Waals surface area contributed by atoms with Crippen molar-refractivity contribution < 1.29 is 14.4 Å². The van der Waals surface area contributed by atoms with Crippen molar-refractivity contribution in [2.45, 2.75) is 38.6 Å². The lowest BCUT2D eigenvalue weighted by molar-refractivity contribution is -0.130. The first-order chi connectivity index (χ1) is 14.5. The van der Waals surface area contributed by atoms with Gasteiger partial charge in [-0.25, -0.2) is 9.69 Å². The summed E-state index contributed by atoms with van der Waals surface area (Å²) in [7, 11) is 0. The van der Waals surface area contributed by atoms with Crippen molar-refractivity contribution in [3.05, 3.63) is 65.7 Å². The molecule has 2 fully saturated rings. The van der Waals surface area contributed by atoms with Gasteiger partial charge in [-0.2, -0.15) is 0 Å². The summed E-state index contributed by atoms with van der Waals surface area (Å²) in [5.74, 6) is -0.624. The molecule has 1 aliphatic heterocycles. The molecule has 2 aromatic rings. The summed E-state index contributed by atoms with van der Waals surface area (Å²) in [6.07, 6.45) is 2.54. The highest BCUT2D eigenvalue weighted by Crippen LogP contribution is 2.34. The van der Waals surface area contributed by atoms with Crippen molar-refractivity contribution in [2.24, 2.45) is 11.8 Å². The largest absolute Gasteiger partial charge is 0.356 e. The first-order valence-corrected chi connectivity index (χ1v) is 10.6. The Morgan fingerprint density at radius 1 is 1.07 bits per heavy atom. The molecule has 6 heteroatoms. The number of benzene rings is 2. The zero-order valence-corrected chi connectivity index (χ0v) is 17.1. The van der Waals surface area contributed by atoms with E-state index in [0.29, 0.717) is 31.5 Å². The van der Waals surface area contributed by atoms with Crippen molar-refractivity contribution in [3.63, 3.8) is 0 Å². The van der Waals surface area contributed by atoms with Gasteiger partial charge in [0.2, 0.25) is 11.8 Å². The average Bonchev–Trinajstić information content (AvgIpc) is 2.75. The summed E-state index contributed by atoms with van der Waals surface area (Å²) < 4.78 is 0. The van der Waals surface area contributed by atoms with Gasteiger partial charge in [0.15, 0.2) is 0 Å². The van der Waals surface area contributed by atoms with Crippen LogP contribution in [0.15, 0.2) is 54.6 Å². The molecule has 4 amide bonds. The SMILES string of the molecule is Cc1ccc(N2C(=O)NC3CC(C(=O)NCCc4ccccc4)CCC3C2=O)cc1. The second kappa shape index (κ2) is 8.69. The molecule has 0 aromatic heterocycles. The van der Waals surface area contributed by atoms with E-state index >= 15 is 0 Å². The van der Waals surface area contributed by atoms with Crippen molar-refractivity contribution in [1.29, 1.82) is 0 Å². The number of nitrogens with one attached hydrogen (secondary N) is 2. The molecule has 6 nitrogen and oxygen atoms in total. The van der Waals surface area contributed by atoms with Crippen LogP contribution < -0.4 is 15.5 Å². The van der Waals surface area contributed by atoms with E-state index in [2.05, 4.69) is 10.6 Å². The molecule has 30 heavy (non-hydrogen) atoms. The maximum atomic E-state index is 13.0. The number of aryl methyl sites for hydroxylation is 1. The van der Waals surface area contributed by atoms with Crippen LogP contribution in [0.1, 0.15) is 30.4 Å². The Kier molecular flexibility index (Phi) is 5.84. The summed E-state index contributed by atoms with van der Waals surface area (Å²) >= 11 is 0. The number of fused-ring (bicyclic) bond motifs is 1. The van der Waals surface area contributed by atoms with Crippen LogP contribution in [-0.4, -0.2) is 30.4 Å². The van der Waals surface area contributed by atoms with Crippen LogP contribution in [0.3, 0.4) is 0 Å². The van der Waals surface area contributed by atoms with Gasteiger partial charge in [-0.05, 0) is 50.3 Å². The Labute approximate surface area is 176 Å². The third-order valence-electron chi connectivity index (χ3n) is 6.12. The van der Waals surface area contributed by atoms with E-state index in [1.807, 2.05) is 49.4 Å². The first kappa shape index (κ1) is 20.1. The quantitative estimate of drug-likeness (QED) is 0.802. The molecule has 2 aliphatic rings. The van der Waals surface area contributed by atoms with Crippen LogP contribution in [0.4, 0.5) is 10.5 Å². The van der Waals surface area contributed by atoms with Gasteiger partial charge in [-0.3, -0.25) is 9.59 Å². The molecular weight excluding hydrogens is 378 g/mol. The fourth-order valence-corrected chi connectivity index (χ4v) is 4.41. The number of urea groups is 1. The zero-order valence-electron chi connectivity index (χ0n) is 17.1. The van der Waals surface area contributed by atoms with Gasteiger partial charge >= 0.3 is 6.03 Å². The smallest absolute Gasteiger partial charge is 0.328 e. The van der Waals surface area contributed by atoms with Crippen LogP contribution in [0.2, 0.25) is 0 Å². The molecule has 156 valence electrons. The lowest BCUT2D eigenvalue weighted by atomic mass is 9.76. The average molecular weight is 405 g/mol. The highest BCUT2D eigenvalue weighted by molar-refractivity contribution is 6.17. The summed E-state index contributed by atoms with van der Waals surface area (Å²) in [5, 5.41) is 5.98. The minimum atomic E-state index is -0.407. The maximum Gasteiger partial charge on any atom is 0.328 e. The summed E-state index contributed by atoms with van der Waals surface area (Å²) in [6, 6.07) is 16.7. The molecule has 1 heterocycles. The second-order valence-electron chi connectivity index (χ2n) is 8.21. The highest BCUT2D eigenvalue weighted by Gasteiger charge is 2.45. The Morgan fingerprint density at radius 3 is 2.53 bits per heavy atom. The van der Waals surface area contributed by atoms with Crippen LogP contribution in [0, 0.1) is 18.8 Å². The lowest BCUT2D eigenvalue weighted by Crippen LogP contribution is -2.62. The van der Waals surface area contributed by atoms with E-state index in [0.717, 1.165) is 12.0 Å². The normalized spacial score (nSPS) is 23.5. The van der Waals surface area contributed by atoms with Gasteiger partial charge < -0.3 is 10.6 Å². The molecule has 1 saturated carbocycles. The molecule has 2 aromatic carbocycles. The van der Waals surface area contributed by atoms with E-state index in [4.69, 9.17) is 0 Å².